The summed E-state index contributed by atoms with van der Waals surface area (Å²) in [7, 11) is 0. The van der Waals surface area contributed by atoms with E-state index < -0.39 is 0 Å². The summed E-state index contributed by atoms with van der Waals surface area (Å²) in [6, 6.07) is 10.2. The van der Waals surface area contributed by atoms with Gasteiger partial charge in [0.05, 0.1) is 5.56 Å². The molecule has 0 fully saturated rings. The van der Waals surface area contributed by atoms with E-state index >= 15 is 0 Å². The molecule has 0 aliphatic heterocycles. The highest BCUT2D eigenvalue weighted by Crippen LogP contribution is 2.38. The molecule has 92 valence electrons. The van der Waals surface area contributed by atoms with Gasteiger partial charge in [0.2, 0.25) is 0 Å². The second-order valence-corrected chi connectivity index (χ2v) is 5.05. The Bertz CT molecular complexity index is 607. The summed E-state index contributed by atoms with van der Waals surface area (Å²) in [6.45, 7) is 3.73. The Morgan fingerprint density at radius 1 is 1.33 bits per heavy atom. The third kappa shape index (κ3) is 1.78. The van der Waals surface area contributed by atoms with Crippen LogP contribution in [0.3, 0.4) is 0 Å². The van der Waals surface area contributed by atoms with E-state index in [2.05, 4.69) is 18.2 Å². The van der Waals surface area contributed by atoms with Gasteiger partial charge in [-0.15, -0.1) is 0 Å². The number of hydrogen-bond donors (Lipinski definition) is 0. The number of furan rings is 1. The fourth-order valence-corrected chi connectivity index (χ4v) is 2.79. The van der Waals surface area contributed by atoms with Crippen LogP contribution in [-0.4, -0.2) is 5.78 Å². The summed E-state index contributed by atoms with van der Waals surface area (Å²) in [5.41, 5.74) is 3.47. The second kappa shape index (κ2) is 4.13. The molecule has 2 aromatic rings. The van der Waals surface area contributed by atoms with E-state index in [4.69, 9.17) is 4.42 Å². The molecular weight excluding hydrogens is 224 g/mol. The van der Waals surface area contributed by atoms with E-state index in [1.54, 1.807) is 0 Å². The number of carbonyl (C=O) groups is 1. The van der Waals surface area contributed by atoms with Crippen molar-refractivity contribution in [2.45, 2.75) is 32.6 Å². The van der Waals surface area contributed by atoms with Crippen molar-refractivity contribution in [2.24, 2.45) is 0 Å². The topological polar surface area (TPSA) is 30.2 Å². The molecule has 1 unspecified atom stereocenters. The van der Waals surface area contributed by atoms with Crippen LogP contribution < -0.4 is 0 Å². The lowest BCUT2D eigenvalue weighted by atomic mass is 9.74. The number of aryl methyl sites for hydroxylation is 2. The van der Waals surface area contributed by atoms with Gasteiger partial charge >= 0.3 is 0 Å². The van der Waals surface area contributed by atoms with Crippen molar-refractivity contribution in [3.63, 3.8) is 0 Å². The molecule has 2 heteroatoms. The maximum Gasteiger partial charge on any atom is 0.167 e. The van der Waals surface area contributed by atoms with Crippen LogP contribution in [0.1, 0.15) is 45.3 Å². The summed E-state index contributed by atoms with van der Waals surface area (Å²) in [5, 5.41) is 0. The molecule has 0 saturated carbocycles. The first-order chi connectivity index (χ1) is 8.65. The molecule has 0 bridgehead atoms. The predicted octanol–water partition coefficient (Wildman–Crippen LogP) is 3.81. The quantitative estimate of drug-likeness (QED) is 0.764. The third-order valence-corrected chi connectivity index (χ3v) is 3.73. The van der Waals surface area contributed by atoms with Crippen LogP contribution in [0.4, 0.5) is 0 Å². The van der Waals surface area contributed by atoms with Gasteiger partial charge in [-0.05, 0) is 43.4 Å². The largest absolute Gasteiger partial charge is 0.466 e. The molecule has 1 atom stereocenters. The molecule has 1 aromatic carbocycles. The number of benzene rings is 1. The van der Waals surface area contributed by atoms with Crippen LogP contribution in [0.15, 0.2) is 34.7 Å². The maximum absolute atomic E-state index is 12.2. The summed E-state index contributed by atoms with van der Waals surface area (Å²) < 4.78 is 5.42. The first kappa shape index (κ1) is 11.3. The number of rotatable bonds is 3. The molecule has 3 rings (SSSR count). The highest BCUT2D eigenvalue weighted by atomic mass is 16.3. The minimum Gasteiger partial charge on any atom is -0.466 e. The zero-order valence-electron chi connectivity index (χ0n) is 10.7. The average molecular weight is 240 g/mol. The van der Waals surface area contributed by atoms with Crippen LogP contribution in [0.2, 0.25) is 0 Å². The Balaban J connectivity index is 1.76. The highest BCUT2D eigenvalue weighted by molar-refractivity contribution is 5.97. The van der Waals surface area contributed by atoms with Crippen LogP contribution in [0.25, 0.3) is 0 Å². The summed E-state index contributed by atoms with van der Waals surface area (Å²) in [4.78, 5) is 12.2. The van der Waals surface area contributed by atoms with E-state index in [1.165, 1.54) is 11.1 Å². The molecule has 0 amide bonds. The van der Waals surface area contributed by atoms with E-state index in [1.807, 2.05) is 26.0 Å². The van der Waals surface area contributed by atoms with E-state index in [0.717, 1.165) is 23.5 Å². The molecule has 2 nitrogen and oxygen atoms in total. The lowest BCUT2D eigenvalue weighted by Crippen LogP contribution is -2.20. The smallest absolute Gasteiger partial charge is 0.167 e. The third-order valence-electron chi connectivity index (χ3n) is 3.73. The Morgan fingerprint density at radius 2 is 2.11 bits per heavy atom. The molecule has 0 radical (unpaired) electrons. The van der Waals surface area contributed by atoms with Crippen LogP contribution >= 0.6 is 0 Å². The molecule has 0 spiro atoms. The molecule has 1 aliphatic rings. The van der Waals surface area contributed by atoms with E-state index in [0.29, 0.717) is 12.3 Å². The average Bonchev–Trinajstić information content (AvgIpc) is 2.65. The number of Topliss-reactive ketones (excluding diaryl/α,β-unsaturated/α-hetero) is 1. The van der Waals surface area contributed by atoms with Gasteiger partial charge in [0, 0.05) is 6.42 Å². The van der Waals surface area contributed by atoms with Crippen molar-refractivity contribution in [3.05, 3.63) is 58.5 Å². The zero-order valence-corrected chi connectivity index (χ0v) is 10.7. The Kier molecular flexibility index (Phi) is 2.58. The Labute approximate surface area is 107 Å². The first-order valence-corrected chi connectivity index (χ1v) is 6.33. The molecule has 1 heterocycles. The van der Waals surface area contributed by atoms with Gasteiger partial charge in [-0.1, -0.05) is 24.3 Å². The molecule has 18 heavy (non-hydrogen) atoms. The molecule has 0 N–H and O–H groups in total. The van der Waals surface area contributed by atoms with Crippen molar-refractivity contribution in [2.75, 3.05) is 0 Å². The highest BCUT2D eigenvalue weighted by Gasteiger charge is 2.28. The SMILES string of the molecule is Cc1cc(C(=O)CC2Cc3ccccc32)c(C)o1. The van der Waals surface area contributed by atoms with Gasteiger partial charge in [0.15, 0.2) is 5.78 Å². The van der Waals surface area contributed by atoms with Gasteiger partial charge < -0.3 is 4.42 Å². The fraction of sp³-hybridized carbons (Fsp3) is 0.312. The van der Waals surface area contributed by atoms with Crippen molar-refractivity contribution >= 4 is 5.78 Å². The van der Waals surface area contributed by atoms with Gasteiger partial charge in [0.25, 0.3) is 0 Å². The van der Waals surface area contributed by atoms with Gasteiger partial charge in [0.1, 0.15) is 11.5 Å². The van der Waals surface area contributed by atoms with Crippen molar-refractivity contribution in [1.29, 1.82) is 0 Å². The van der Waals surface area contributed by atoms with Crippen LogP contribution in [0.5, 0.6) is 0 Å². The first-order valence-electron chi connectivity index (χ1n) is 6.33. The normalized spacial score (nSPS) is 17.1. The molecule has 1 aliphatic carbocycles. The number of ketones is 1. The van der Waals surface area contributed by atoms with Crippen LogP contribution in [0, 0.1) is 13.8 Å². The lowest BCUT2D eigenvalue weighted by molar-refractivity contribution is 0.0969. The summed E-state index contributed by atoms with van der Waals surface area (Å²) in [6.07, 6.45) is 1.62. The number of fused-ring (bicyclic) bond motifs is 1. The van der Waals surface area contributed by atoms with E-state index in [9.17, 15) is 4.79 Å². The second-order valence-electron chi connectivity index (χ2n) is 5.05. The fourth-order valence-electron chi connectivity index (χ4n) is 2.79. The van der Waals surface area contributed by atoms with Crippen LogP contribution in [-0.2, 0) is 6.42 Å². The molecule has 1 aromatic heterocycles. The Morgan fingerprint density at radius 3 is 2.78 bits per heavy atom. The number of hydrogen-bond acceptors (Lipinski definition) is 2. The van der Waals surface area contributed by atoms with Gasteiger partial charge in [-0.3, -0.25) is 4.79 Å². The van der Waals surface area contributed by atoms with Gasteiger partial charge in [-0.25, -0.2) is 0 Å². The number of carbonyl (C=O) groups excluding carboxylic acids is 1. The Hall–Kier alpha value is -1.83. The summed E-state index contributed by atoms with van der Waals surface area (Å²) >= 11 is 0. The maximum atomic E-state index is 12.2. The minimum absolute atomic E-state index is 0.198. The minimum atomic E-state index is 0.198. The standard InChI is InChI=1S/C16H16O2/c1-10-7-15(11(2)18-10)16(17)9-13-8-12-5-3-4-6-14(12)13/h3-7,13H,8-9H2,1-2H3. The monoisotopic (exact) mass is 240 g/mol. The van der Waals surface area contributed by atoms with Crippen molar-refractivity contribution in [1.82, 2.24) is 0 Å². The zero-order chi connectivity index (χ0) is 12.7. The van der Waals surface area contributed by atoms with Crippen molar-refractivity contribution < 1.29 is 9.21 Å². The van der Waals surface area contributed by atoms with Crippen molar-refractivity contribution in [3.8, 4) is 0 Å². The predicted molar refractivity (Wildman–Crippen MR) is 70.0 cm³/mol. The lowest BCUT2D eigenvalue weighted by Gasteiger charge is -2.29. The summed E-state index contributed by atoms with van der Waals surface area (Å²) in [5.74, 6) is 2.14. The van der Waals surface area contributed by atoms with Gasteiger partial charge in [-0.2, -0.15) is 0 Å². The molecule has 0 saturated heterocycles. The van der Waals surface area contributed by atoms with E-state index in [-0.39, 0.29) is 5.78 Å². The molecular formula is C16H16O2.